The summed E-state index contributed by atoms with van der Waals surface area (Å²) >= 11 is 5.22. The minimum Gasteiger partial charge on any atom is -0.0801 e. The van der Waals surface area contributed by atoms with Gasteiger partial charge in [0.1, 0.15) is 0 Å². The average Bonchev–Trinajstić information content (AvgIpc) is 2.57. The van der Waals surface area contributed by atoms with E-state index in [1.807, 2.05) is 12.1 Å². The van der Waals surface area contributed by atoms with Crippen LogP contribution in [0, 0.1) is 5.92 Å². The van der Waals surface area contributed by atoms with Gasteiger partial charge in [-0.05, 0) is 66.3 Å². The standard InChI is InChI=1S/C21H25S/c1-2-5-16-8-10-17(11-9-16)20-6-3-4-7-21(20)18-12-14-19(22)15-13-18/h3-4,6-7,12-17H,2,5,8-11H2,1H3. The van der Waals surface area contributed by atoms with Gasteiger partial charge in [-0.3, -0.25) is 0 Å². The number of hydrogen-bond acceptors (Lipinski definition) is 0. The highest BCUT2D eigenvalue weighted by Crippen LogP contribution is 2.41. The lowest BCUT2D eigenvalue weighted by atomic mass is 9.75. The van der Waals surface area contributed by atoms with Crippen molar-refractivity contribution in [2.75, 3.05) is 0 Å². The lowest BCUT2D eigenvalue weighted by Gasteiger charge is -2.30. The molecule has 0 aromatic heterocycles. The Kier molecular flexibility index (Phi) is 5.15. The SMILES string of the molecule is CCCC1CCC(c2ccccc2-c2ccc([S])cc2)CC1. The number of benzene rings is 2. The first-order valence-electron chi connectivity index (χ1n) is 8.64. The second-order valence-corrected chi connectivity index (χ2v) is 7.09. The first-order chi connectivity index (χ1) is 10.8. The minimum absolute atomic E-state index is 0.729. The van der Waals surface area contributed by atoms with Crippen LogP contribution in [0.3, 0.4) is 0 Å². The zero-order valence-electron chi connectivity index (χ0n) is 13.4. The lowest BCUT2D eigenvalue weighted by molar-refractivity contribution is 0.308. The molecule has 0 amide bonds. The van der Waals surface area contributed by atoms with Crippen LogP contribution in [0.5, 0.6) is 0 Å². The number of hydrogen-bond donors (Lipinski definition) is 0. The Morgan fingerprint density at radius 2 is 1.59 bits per heavy atom. The van der Waals surface area contributed by atoms with Crippen LogP contribution in [-0.4, -0.2) is 0 Å². The molecule has 0 N–H and O–H groups in total. The maximum Gasteiger partial charge on any atom is 0.0377 e. The van der Waals surface area contributed by atoms with E-state index < -0.39 is 0 Å². The normalized spacial score (nSPS) is 21.7. The third-order valence-corrected chi connectivity index (χ3v) is 5.38. The molecule has 115 valence electrons. The highest BCUT2D eigenvalue weighted by Gasteiger charge is 2.23. The topological polar surface area (TPSA) is 0 Å². The molecule has 1 saturated carbocycles. The Morgan fingerprint density at radius 1 is 0.909 bits per heavy atom. The van der Waals surface area contributed by atoms with Gasteiger partial charge in [0.2, 0.25) is 0 Å². The van der Waals surface area contributed by atoms with Crippen LogP contribution in [0.4, 0.5) is 0 Å². The Hall–Kier alpha value is -1.34. The molecule has 1 radical (unpaired) electrons. The number of rotatable bonds is 4. The molecule has 0 bridgehead atoms. The summed E-state index contributed by atoms with van der Waals surface area (Å²) in [5, 5.41) is 0. The average molecular weight is 309 g/mol. The van der Waals surface area contributed by atoms with Gasteiger partial charge in [0.25, 0.3) is 0 Å². The van der Waals surface area contributed by atoms with Crippen molar-refractivity contribution in [1.82, 2.24) is 0 Å². The molecule has 3 rings (SSSR count). The minimum atomic E-state index is 0.729. The van der Waals surface area contributed by atoms with E-state index in [2.05, 4.69) is 43.3 Å². The lowest BCUT2D eigenvalue weighted by Crippen LogP contribution is -2.13. The molecule has 0 spiro atoms. The fourth-order valence-electron chi connectivity index (χ4n) is 3.92. The highest BCUT2D eigenvalue weighted by molar-refractivity contribution is 7.80. The molecule has 2 aromatic rings. The Labute approximate surface area is 140 Å². The second-order valence-electron chi connectivity index (χ2n) is 6.62. The maximum absolute atomic E-state index is 5.22. The highest BCUT2D eigenvalue weighted by atomic mass is 32.1. The third kappa shape index (κ3) is 3.52. The third-order valence-electron chi connectivity index (χ3n) is 5.11. The molecular weight excluding hydrogens is 284 g/mol. The van der Waals surface area contributed by atoms with Gasteiger partial charge >= 0.3 is 0 Å². The van der Waals surface area contributed by atoms with E-state index in [-0.39, 0.29) is 0 Å². The predicted octanol–water partition coefficient (Wildman–Crippen LogP) is 6.98. The molecule has 0 heterocycles. The van der Waals surface area contributed by atoms with Gasteiger partial charge in [0.05, 0.1) is 0 Å². The molecule has 0 aliphatic heterocycles. The summed E-state index contributed by atoms with van der Waals surface area (Å²) in [4.78, 5) is 0.918. The van der Waals surface area contributed by atoms with Crippen molar-refractivity contribution in [1.29, 1.82) is 0 Å². The molecule has 22 heavy (non-hydrogen) atoms. The van der Waals surface area contributed by atoms with Crippen molar-refractivity contribution in [3.05, 3.63) is 54.1 Å². The van der Waals surface area contributed by atoms with Crippen LogP contribution in [0.2, 0.25) is 0 Å². The summed E-state index contributed by atoms with van der Waals surface area (Å²) in [7, 11) is 0. The maximum atomic E-state index is 5.22. The second kappa shape index (κ2) is 7.28. The van der Waals surface area contributed by atoms with Crippen LogP contribution in [-0.2, 0) is 0 Å². The summed E-state index contributed by atoms with van der Waals surface area (Å²) in [5.74, 6) is 1.69. The molecule has 1 fully saturated rings. The van der Waals surface area contributed by atoms with E-state index in [0.717, 1.165) is 16.7 Å². The zero-order valence-corrected chi connectivity index (χ0v) is 14.2. The largest absolute Gasteiger partial charge is 0.0801 e. The van der Waals surface area contributed by atoms with Gasteiger partial charge in [-0.1, -0.05) is 68.8 Å². The van der Waals surface area contributed by atoms with E-state index in [1.165, 1.54) is 55.2 Å². The van der Waals surface area contributed by atoms with Crippen molar-refractivity contribution in [2.24, 2.45) is 5.92 Å². The van der Waals surface area contributed by atoms with Gasteiger partial charge in [-0.2, -0.15) is 0 Å². The fourth-order valence-corrected chi connectivity index (χ4v) is 4.06. The molecule has 2 aromatic carbocycles. The van der Waals surface area contributed by atoms with E-state index in [9.17, 15) is 0 Å². The van der Waals surface area contributed by atoms with Gasteiger partial charge in [-0.25, -0.2) is 0 Å². The molecular formula is C21H25S. The molecule has 1 aliphatic carbocycles. The first kappa shape index (κ1) is 15.6. The summed E-state index contributed by atoms with van der Waals surface area (Å²) in [6, 6.07) is 17.4. The summed E-state index contributed by atoms with van der Waals surface area (Å²) in [5.41, 5.74) is 4.24. The molecule has 0 saturated heterocycles. The molecule has 0 atom stereocenters. The van der Waals surface area contributed by atoms with Gasteiger partial charge < -0.3 is 0 Å². The van der Waals surface area contributed by atoms with Crippen LogP contribution in [0.1, 0.15) is 56.9 Å². The Morgan fingerprint density at radius 3 is 2.27 bits per heavy atom. The van der Waals surface area contributed by atoms with Crippen LogP contribution in [0.15, 0.2) is 53.4 Å². The quantitative estimate of drug-likeness (QED) is 0.571. The van der Waals surface area contributed by atoms with Crippen LogP contribution >= 0.6 is 12.6 Å². The fraction of sp³-hybridized carbons (Fsp3) is 0.429. The summed E-state index contributed by atoms with van der Waals surface area (Å²) in [6.45, 7) is 2.31. The van der Waals surface area contributed by atoms with Crippen molar-refractivity contribution < 1.29 is 0 Å². The van der Waals surface area contributed by atoms with E-state index >= 15 is 0 Å². The van der Waals surface area contributed by atoms with Gasteiger partial charge in [0, 0.05) is 4.90 Å². The van der Waals surface area contributed by atoms with E-state index in [0.29, 0.717) is 0 Å². The van der Waals surface area contributed by atoms with Crippen molar-refractivity contribution in [3.8, 4) is 11.1 Å². The molecule has 1 aliphatic rings. The Balaban J connectivity index is 1.82. The molecule has 0 unspecified atom stereocenters. The van der Waals surface area contributed by atoms with Crippen molar-refractivity contribution in [3.63, 3.8) is 0 Å². The smallest absolute Gasteiger partial charge is 0.0377 e. The Bertz CT molecular complexity index is 592. The van der Waals surface area contributed by atoms with E-state index in [4.69, 9.17) is 12.6 Å². The zero-order chi connectivity index (χ0) is 15.4. The predicted molar refractivity (Wildman–Crippen MR) is 97.3 cm³/mol. The van der Waals surface area contributed by atoms with Gasteiger partial charge in [0.15, 0.2) is 0 Å². The van der Waals surface area contributed by atoms with Crippen molar-refractivity contribution in [2.45, 2.75) is 56.3 Å². The van der Waals surface area contributed by atoms with Crippen LogP contribution in [0.25, 0.3) is 11.1 Å². The monoisotopic (exact) mass is 309 g/mol. The van der Waals surface area contributed by atoms with Gasteiger partial charge in [-0.15, -0.1) is 0 Å². The summed E-state index contributed by atoms with van der Waals surface area (Å²) < 4.78 is 0. The van der Waals surface area contributed by atoms with Crippen molar-refractivity contribution >= 4 is 12.6 Å². The first-order valence-corrected chi connectivity index (χ1v) is 9.05. The molecule has 1 heteroatoms. The molecule has 0 nitrogen and oxygen atoms in total. The van der Waals surface area contributed by atoms with Crippen LogP contribution < -0.4 is 0 Å². The van der Waals surface area contributed by atoms with E-state index in [1.54, 1.807) is 0 Å². The summed E-state index contributed by atoms with van der Waals surface area (Å²) in [6.07, 6.45) is 8.24.